The Bertz CT molecular complexity index is 871. The predicted octanol–water partition coefficient (Wildman–Crippen LogP) is 1.65. The summed E-state index contributed by atoms with van der Waals surface area (Å²) >= 11 is 0. The van der Waals surface area contributed by atoms with E-state index >= 15 is 0 Å². The molecule has 0 spiro atoms. The first-order valence-electron chi connectivity index (χ1n) is 6.25. The van der Waals surface area contributed by atoms with E-state index in [1.165, 1.54) is 16.9 Å². The summed E-state index contributed by atoms with van der Waals surface area (Å²) < 4.78 is 15.4. The van der Waals surface area contributed by atoms with Gasteiger partial charge in [0.1, 0.15) is 5.56 Å². The van der Waals surface area contributed by atoms with Crippen LogP contribution < -0.4 is 5.73 Å². The summed E-state index contributed by atoms with van der Waals surface area (Å²) in [6.07, 6.45) is 2.80. The lowest BCUT2D eigenvalue weighted by Gasteiger charge is -2.06. The maximum atomic E-state index is 13.9. The number of rotatable bonds is 2. The molecule has 3 aromatic rings. The minimum Gasteiger partial charge on any atom is -0.365 e. The molecular weight excluding hydrogens is 273 g/mol. The summed E-state index contributed by atoms with van der Waals surface area (Å²) in [5.74, 6) is -1.24. The van der Waals surface area contributed by atoms with Crippen molar-refractivity contribution in [2.45, 2.75) is 13.8 Å². The van der Waals surface area contributed by atoms with Crippen molar-refractivity contribution >= 4 is 11.6 Å². The number of hydrogen-bond acceptors (Lipinski definition) is 4. The van der Waals surface area contributed by atoms with Gasteiger partial charge in [-0.1, -0.05) is 0 Å². The summed E-state index contributed by atoms with van der Waals surface area (Å²) in [5, 5.41) is 4.06. The van der Waals surface area contributed by atoms with Crippen molar-refractivity contribution in [3.8, 4) is 11.3 Å². The van der Waals surface area contributed by atoms with Gasteiger partial charge in [-0.05, 0) is 31.5 Å². The maximum Gasteiger partial charge on any atom is 0.254 e. The van der Waals surface area contributed by atoms with E-state index < -0.39 is 11.9 Å². The van der Waals surface area contributed by atoms with Gasteiger partial charge in [0.05, 0.1) is 17.5 Å². The number of amides is 1. The molecule has 106 valence electrons. The highest BCUT2D eigenvalue weighted by Gasteiger charge is 2.16. The van der Waals surface area contributed by atoms with Crippen LogP contribution in [0.1, 0.15) is 21.6 Å². The molecule has 0 saturated heterocycles. The fraction of sp³-hybridized carbons (Fsp3) is 0.143. The number of carbonyl (C=O) groups is 1. The number of nitrogens with zero attached hydrogens (tertiary/aromatic N) is 4. The molecule has 0 bridgehead atoms. The van der Waals surface area contributed by atoms with E-state index in [1.54, 1.807) is 19.1 Å². The lowest BCUT2D eigenvalue weighted by atomic mass is 10.1. The highest BCUT2D eigenvalue weighted by atomic mass is 19.1. The van der Waals surface area contributed by atoms with Crippen LogP contribution in [0.3, 0.4) is 0 Å². The van der Waals surface area contributed by atoms with Crippen LogP contribution in [-0.2, 0) is 0 Å². The van der Waals surface area contributed by atoms with Crippen LogP contribution >= 0.6 is 0 Å². The molecule has 0 saturated carbocycles. The first-order valence-corrected chi connectivity index (χ1v) is 6.25. The van der Waals surface area contributed by atoms with E-state index in [-0.39, 0.29) is 11.1 Å². The van der Waals surface area contributed by atoms with Gasteiger partial charge in [0.2, 0.25) is 5.95 Å². The predicted molar refractivity (Wildman–Crippen MR) is 74.2 cm³/mol. The molecule has 0 aliphatic carbocycles. The van der Waals surface area contributed by atoms with Gasteiger partial charge >= 0.3 is 0 Å². The standard InChI is InChI=1S/C14H12FN5O/c1-7-3-9(12(15)17-5-7)11-4-8(2)20-14(19-11)10(6-18-20)13(16)21/h3-6H,1-2H3,(H2,16,21). The van der Waals surface area contributed by atoms with Crippen molar-refractivity contribution in [1.82, 2.24) is 19.6 Å². The number of pyridine rings is 1. The lowest BCUT2D eigenvalue weighted by Crippen LogP contribution is -2.11. The molecule has 2 N–H and O–H groups in total. The van der Waals surface area contributed by atoms with Crippen LogP contribution in [0.2, 0.25) is 0 Å². The summed E-state index contributed by atoms with van der Waals surface area (Å²) in [5.41, 5.74) is 7.98. The van der Waals surface area contributed by atoms with Crippen molar-refractivity contribution in [2.75, 3.05) is 0 Å². The van der Waals surface area contributed by atoms with Crippen LogP contribution in [0.15, 0.2) is 24.5 Å². The van der Waals surface area contributed by atoms with Crippen LogP contribution in [0, 0.1) is 19.8 Å². The minimum atomic E-state index is -0.628. The molecule has 0 aliphatic rings. The van der Waals surface area contributed by atoms with E-state index in [9.17, 15) is 9.18 Å². The summed E-state index contributed by atoms with van der Waals surface area (Å²) in [6.45, 7) is 3.60. The van der Waals surface area contributed by atoms with E-state index in [4.69, 9.17) is 5.73 Å². The zero-order chi connectivity index (χ0) is 15.1. The third-order valence-electron chi connectivity index (χ3n) is 3.17. The fourth-order valence-electron chi connectivity index (χ4n) is 2.16. The average Bonchev–Trinajstić information content (AvgIpc) is 2.86. The molecule has 7 heteroatoms. The molecule has 3 aromatic heterocycles. The Morgan fingerprint density at radius 2 is 2.05 bits per heavy atom. The van der Waals surface area contributed by atoms with Crippen LogP contribution in [0.25, 0.3) is 16.9 Å². The highest BCUT2D eigenvalue weighted by molar-refractivity contribution is 5.98. The SMILES string of the molecule is Cc1cnc(F)c(-c2cc(C)n3ncc(C(N)=O)c3n2)c1. The largest absolute Gasteiger partial charge is 0.365 e. The molecule has 3 rings (SSSR count). The van der Waals surface area contributed by atoms with Crippen LogP contribution in [0.5, 0.6) is 0 Å². The van der Waals surface area contributed by atoms with E-state index in [2.05, 4.69) is 15.1 Å². The quantitative estimate of drug-likeness (QED) is 0.725. The van der Waals surface area contributed by atoms with Crippen LogP contribution in [-0.4, -0.2) is 25.5 Å². The van der Waals surface area contributed by atoms with Gasteiger partial charge in [-0.3, -0.25) is 4.79 Å². The van der Waals surface area contributed by atoms with Crippen molar-refractivity contribution in [3.05, 3.63) is 47.3 Å². The topological polar surface area (TPSA) is 86.2 Å². The monoisotopic (exact) mass is 285 g/mol. The number of aryl methyl sites for hydroxylation is 2. The number of halogens is 1. The fourth-order valence-corrected chi connectivity index (χ4v) is 2.16. The van der Waals surface area contributed by atoms with Crippen molar-refractivity contribution in [1.29, 1.82) is 0 Å². The normalized spacial score (nSPS) is 11.0. The summed E-state index contributed by atoms with van der Waals surface area (Å²) in [6, 6.07) is 3.34. The molecule has 1 amide bonds. The molecule has 3 heterocycles. The first kappa shape index (κ1) is 13.2. The highest BCUT2D eigenvalue weighted by Crippen LogP contribution is 2.23. The number of hydrogen-bond donors (Lipinski definition) is 1. The van der Waals surface area contributed by atoms with E-state index in [0.29, 0.717) is 17.0 Å². The molecular formula is C14H12FN5O. The van der Waals surface area contributed by atoms with Gasteiger partial charge in [0, 0.05) is 11.9 Å². The Kier molecular flexibility index (Phi) is 2.90. The van der Waals surface area contributed by atoms with Gasteiger partial charge in [-0.25, -0.2) is 14.5 Å². The third kappa shape index (κ3) is 2.12. The molecule has 0 radical (unpaired) electrons. The number of nitrogens with two attached hydrogens (primary N) is 1. The maximum absolute atomic E-state index is 13.9. The Labute approximate surface area is 119 Å². The number of primary amides is 1. The van der Waals surface area contributed by atoms with Crippen molar-refractivity contribution in [3.63, 3.8) is 0 Å². The molecule has 0 fully saturated rings. The number of carbonyl (C=O) groups excluding carboxylic acids is 1. The molecule has 0 aliphatic heterocycles. The molecule has 21 heavy (non-hydrogen) atoms. The Morgan fingerprint density at radius 3 is 2.76 bits per heavy atom. The zero-order valence-electron chi connectivity index (χ0n) is 11.5. The van der Waals surface area contributed by atoms with Gasteiger partial charge in [0.25, 0.3) is 5.91 Å². The molecule has 0 aromatic carbocycles. The third-order valence-corrected chi connectivity index (χ3v) is 3.17. The number of fused-ring (bicyclic) bond motifs is 1. The second-order valence-electron chi connectivity index (χ2n) is 4.79. The van der Waals surface area contributed by atoms with Crippen LogP contribution in [0.4, 0.5) is 4.39 Å². The van der Waals surface area contributed by atoms with Gasteiger partial charge in [-0.15, -0.1) is 0 Å². The van der Waals surface area contributed by atoms with E-state index in [1.807, 2.05) is 6.92 Å². The Hall–Kier alpha value is -2.83. The van der Waals surface area contributed by atoms with Gasteiger partial charge in [0.15, 0.2) is 5.65 Å². The average molecular weight is 285 g/mol. The Balaban J connectivity index is 2.31. The lowest BCUT2D eigenvalue weighted by molar-refractivity contribution is 0.100. The Morgan fingerprint density at radius 1 is 1.29 bits per heavy atom. The van der Waals surface area contributed by atoms with Crippen molar-refractivity contribution in [2.24, 2.45) is 5.73 Å². The molecule has 6 nitrogen and oxygen atoms in total. The second-order valence-corrected chi connectivity index (χ2v) is 4.79. The zero-order valence-corrected chi connectivity index (χ0v) is 11.5. The smallest absolute Gasteiger partial charge is 0.254 e. The van der Waals surface area contributed by atoms with Crippen molar-refractivity contribution < 1.29 is 9.18 Å². The number of aromatic nitrogens is 4. The van der Waals surface area contributed by atoms with Gasteiger partial charge in [-0.2, -0.15) is 9.49 Å². The molecule has 0 unspecified atom stereocenters. The van der Waals surface area contributed by atoms with E-state index in [0.717, 1.165) is 5.56 Å². The molecule has 0 atom stereocenters. The second kappa shape index (κ2) is 4.62. The summed E-state index contributed by atoms with van der Waals surface area (Å²) in [4.78, 5) is 19.4. The minimum absolute atomic E-state index is 0.195. The first-order chi connectivity index (χ1) is 9.97. The van der Waals surface area contributed by atoms with Gasteiger partial charge < -0.3 is 5.73 Å². The summed E-state index contributed by atoms with van der Waals surface area (Å²) in [7, 11) is 0.